The summed E-state index contributed by atoms with van der Waals surface area (Å²) in [5, 5.41) is 0.185. The normalized spacial score (nSPS) is 53.2. The van der Waals surface area contributed by atoms with E-state index < -0.39 is 97.4 Å². The molecular weight excluding hydrogens is 1760 g/mol. The zero-order chi connectivity index (χ0) is 100. The van der Waals surface area contributed by atoms with Crippen LogP contribution in [0.3, 0.4) is 0 Å². The van der Waals surface area contributed by atoms with Crippen LogP contribution in [-0.4, -0.2) is 179 Å². The molecule has 0 spiro atoms. The molecular formula is C116H190O19S2. The van der Waals surface area contributed by atoms with Gasteiger partial charge in [0.2, 0.25) is 0 Å². The molecule has 16 rings (SSSR count). The van der Waals surface area contributed by atoms with E-state index in [2.05, 4.69) is 192 Å². The number of aldehydes is 2. The molecule has 0 aromatic carbocycles. The van der Waals surface area contributed by atoms with Crippen LogP contribution in [0.5, 0.6) is 0 Å². The molecule has 14 fully saturated rings. The van der Waals surface area contributed by atoms with Gasteiger partial charge in [0.1, 0.15) is 37.0 Å². The Morgan fingerprint density at radius 2 is 0.766 bits per heavy atom. The van der Waals surface area contributed by atoms with Crippen molar-refractivity contribution in [3.8, 4) is 0 Å². The highest BCUT2D eigenvalue weighted by Gasteiger charge is 2.75. The highest BCUT2D eigenvalue weighted by atomic mass is 32.2. The highest BCUT2D eigenvalue weighted by molar-refractivity contribution is 8.13. The number of ketones is 2. The van der Waals surface area contributed by atoms with Gasteiger partial charge < -0.3 is 75.9 Å². The third-order valence-electron chi connectivity index (χ3n) is 45.4. The molecule has 0 radical (unpaired) electrons. The summed E-state index contributed by atoms with van der Waals surface area (Å²) in [6.07, 6.45) is 18.5. The van der Waals surface area contributed by atoms with Crippen LogP contribution < -0.4 is 0 Å². The van der Waals surface area contributed by atoms with E-state index in [1.165, 1.54) is 37.2 Å². The number of ether oxygens (including phenoxy) is 14. The van der Waals surface area contributed by atoms with Gasteiger partial charge >= 0.3 is 0 Å². The first-order chi connectivity index (χ1) is 64.2. The van der Waals surface area contributed by atoms with Crippen molar-refractivity contribution in [2.45, 2.75) is 454 Å². The Balaban J connectivity index is 0.000000208. The Hall–Kier alpha value is -2.03. The Morgan fingerprint density at radius 1 is 0.401 bits per heavy atom. The van der Waals surface area contributed by atoms with Gasteiger partial charge in [0.25, 0.3) is 0 Å². The van der Waals surface area contributed by atoms with E-state index in [0.717, 1.165) is 114 Å². The minimum absolute atomic E-state index is 0.0249. The molecule has 0 aromatic rings. The number of rotatable bonds is 23. The average molecular weight is 1950 g/mol. The maximum atomic E-state index is 14.2. The van der Waals surface area contributed by atoms with Gasteiger partial charge in [0.05, 0.1) is 72.9 Å². The Bertz CT molecular complexity index is 4320. The van der Waals surface area contributed by atoms with E-state index in [1.54, 1.807) is 31.9 Å². The standard InChI is InChI=1S/C59H96O10S.C57H94O9S/c1-18-43-35(5)34(4)37(7)52(65-43)69-50-49(68-51-36(6)33(3)32(2)29-64-51)38(8)48(39(9)61)67-53(50)66-46-22-23-55(13)44(56(46,14)30-60)21-24-57(15)45(55)20-19-41-42-27-54(11,12)25-26-59(42,31-70-40(10)62)47(63-17)28-58(41,57)16;1-17-41-34(5)33(4)36(7)50(62-41)66-48-47(65-49-35(6)32(3)31(2)28-61-49)37(8)46(38(9)59)64-51(48)63-44-21-22-53(12)42(54(44,13)29-58)20-23-55(14)43(53)19-18-39-40-26-52(10,11)24-25-57(40,30-67)45(60-16)27-56(39,55)15/h19,30,32-38,42-53H,18,20-29,31H2,1-17H3;18,29,31-37,40-51,67H,17,19-28,30H2,1-16H3/t32-,33+,34+,35-,36?,37?,38-,42?,43?,44-,45?,46+,47?,48?,49+,50?,51+,52+,53-,55?,56-,57+,58-,59-;31-,32+,33+,34-,35?,36?,37-,40?,41?,42-,43?,44+,45?,46?,47+,48?,49+,50+,51-,53?,54-,55+,56-,57-/m11/s1. The van der Waals surface area contributed by atoms with E-state index in [4.69, 9.17) is 78.9 Å². The Labute approximate surface area is 838 Å². The molecule has 137 heavy (non-hydrogen) atoms. The molecule has 21 heteroatoms. The van der Waals surface area contributed by atoms with Crippen LogP contribution in [0.25, 0.3) is 0 Å². The van der Waals surface area contributed by atoms with Crippen molar-refractivity contribution in [3.05, 3.63) is 23.3 Å². The summed E-state index contributed by atoms with van der Waals surface area (Å²) in [5.41, 5.74) is 1.67. The highest BCUT2D eigenvalue weighted by Crippen LogP contribution is 2.79. The van der Waals surface area contributed by atoms with Gasteiger partial charge in [-0.3, -0.25) is 14.4 Å². The summed E-state index contributed by atoms with van der Waals surface area (Å²) in [4.78, 5) is 68.3. The van der Waals surface area contributed by atoms with Crippen LogP contribution in [0.15, 0.2) is 23.3 Å². The SMILES string of the molecule is CCC1O[C@@H](OC2[C@H](O[C@H]3CCC4(C)C5CC=C6C7CC(C)(C)CC[C@]7(CS)C(OC)C[C@@]6(C)[C@@]5(C)CC[C@H]4[C@@]3(C)C=O)OC(C(C)=O)[C@@H](C)[C@@H]2O[C@@H]2OC[C@@H](C)[C@H](C)C2C)C(C)[C@@H](C)[C@H]1C.CCC1O[C@@H](OC2[C@H](O[C@H]3CCC4(C)C5CC=C6C7CC(C)(C)CC[C@]7(CSC(C)=O)C(OC)C[C@@]6(C)[C@@]5(C)CC[C@H]4[C@@]3(C)C=O)OC(C(C)=O)[C@@H](C)[C@@H]2O[C@@H]2OC[C@@H](C)[C@H](C)C2C)C(C)[C@@H](C)[C@H]1C. The Morgan fingerprint density at radius 3 is 1.12 bits per heavy atom. The molecule has 0 bridgehead atoms. The van der Waals surface area contributed by atoms with Gasteiger partial charge in [-0.2, -0.15) is 12.6 Å². The summed E-state index contributed by atoms with van der Waals surface area (Å²) in [7, 11) is 3.85. The van der Waals surface area contributed by atoms with Gasteiger partial charge in [0.15, 0.2) is 54.4 Å². The van der Waals surface area contributed by atoms with Crippen molar-refractivity contribution in [2.24, 2.45) is 183 Å². The summed E-state index contributed by atoms with van der Waals surface area (Å²) in [6.45, 7) is 70.9. The van der Waals surface area contributed by atoms with Crippen LogP contribution >= 0.6 is 24.4 Å². The number of fused-ring (bicyclic) bond motifs is 14. The van der Waals surface area contributed by atoms with Gasteiger partial charge in [0, 0.05) is 73.2 Å². The summed E-state index contributed by atoms with van der Waals surface area (Å²) in [5.74, 6) is 5.82. The lowest BCUT2D eigenvalue weighted by atomic mass is 9.33. The summed E-state index contributed by atoms with van der Waals surface area (Å²) in [6, 6.07) is 0. The van der Waals surface area contributed by atoms with Crippen LogP contribution in [0, 0.1) is 183 Å². The largest absolute Gasteiger partial charge is 0.381 e. The second-order valence-electron chi connectivity index (χ2n) is 53.0. The molecule has 6 saturated heterocycles. The summed E-state index contributed by atoms with van der Waals surface area (Å²) >= 11 is 6.62. The first kappa shape index (κ1) is 109. The van der Waals surface area contributed by atoms with Crippen molar-refractivity contribution >= 4 is 53.6 Å². The molecule has 0 amide bonds. The monoisotopic (exact) mass is 1950 g/mol. The molecule has 18 unspecified atom stereocenters. The molecule has 0 N–H and O–H groups in total. The first-order valence-electron chi connectivity index (χ1n) is 55.1. The zero-order valence-electron chi connectivity index (χ0n) is 91.3. The fourth-order valence-electron chi connectivity index (χ4n) is 34.3. The van der Waals surface area contributed by atoms with E-state index in [0.29, 0.717) is 97.1 Å². The topological polar surface area (TPSA) is 215 Å². The van der Waals surface area contributed by atoms with Crippen LogP contribution in [-0.2, 0) is 90.3 Å². The summed E-state index contributed by atoms with van der Waals surface area (Å²) < 4.78 is 97.3. The van der Waals surface area contributed by atoms with Crippen LogP contribution in [0.2, 0.25) is 0 Å². The number of hydrogen-bond acceptors (Lipinski definition) is 21. The minimum Gasteiger partial charge on any atom is -0.381 e. The number of hydrogen-bond donors (Lipinski definition) is 1. The lowest BCUT2D eigenvalue weighted by molar-refractivity contribution is -0.374. The molecule has 6 heterocycles. The van der Waals surface area contributed by atoms with Crippen molar-refractivity contribution < 1.29 is 90.3 Å². The lowest BCUT2D eigenvalue weighted by Crippen LogP contribution is -2.68. The number of thioether (sulfide) groups is 1. The van der Waals surface area contributed by atoms with Crippen molar-refractivity contribution in [3.63, 3.8) is 0 Å². The number of allylic oxidation sites excluding steroid dienone is 4. The van der Waals surface area contributed by atoms with Crippen molar-refractivity contribution in [2.75, 3.05) is 38.9 Å². The molecule has 16 aliphatic rings. The number of carbonyl (C=O) groups is 5. The number of thiol groups is 1. The predicted octanol–water partition coefficient (Wildman–Crippen LogP) is 24.2. The maximum absolute atomic E-state index is 14.2. The molecule has 10 aliphatic carbocycles. The third-order valence-corrected chi connectivity index (χ3v) is 47.0. The van der Waals surface area contributed by atoms with Gasteiger partial charge in [-0.1, -0.05) is 229 Å². The van der Waals surface area contributed by atoms with Crippen LogP contribution in [0.1, 0.15) is 343 Å². The fourth-order valence-corrected chi connectivity index (χ4v) is 35.9. The predicted molar refractivity (Wildman–Crippen MR) is 542 cm³/mol. The zero-order valence-corrected chi connectivity index (χ0v) is 93.0. The molecule has 8 saturated carbocycles. The number of carbonyl (C=O) groups excluding carboxylic acids is 5. The molecule has 780 valence electrons. The second kappa shape index (κ2) is 40.5. The van der Waals surface area contributed by atoms with Gasteiger partial charge in [-0.15, -0.1) is 0 Å². The fraction of sp³-hybridized carbons (Fsp3) is 0.922. The van der Waals surface area contributed by atoms with E-state index >= 15 is 0 Å². The van der Waals surface area contributed by atoms with Crippen molar-refractivity contribution in [1.82, 2.24) is 0 Å². The van der Waals surface area contributed by atoms with Crippen LogP contribution in [0.4, 0.5) is 0 Å². The first-order valence-corrected chi connectivity index (χ1v) is 56.7. The lowest BCUT2D eigenvalue weighted by Gasteiger charge is -2.72. The maximum Gasteiger partial charge on any atom is 0.187 e. The minimum atomic E-state index is -0.994. The van der Waals surface area contributed by atoms with E-state index in [1.807, 2.05) is 28.1 Å². The van der Waals surface area contributed by atoms with E-state index in [-0.39, 0.29) is 143 Å². The average Bonchev–Trinajstić information content (AvgIpc) is 0.672. The second-order valence-corrected chi connectivity index (χ2v) is 54.5. The number of methoxy groups -OCH3 is 2. The molecule has 19 nitrogen and oxygen atoms in total. The molecule has 6 aliphatic heterocycles. The molecule has 0 aromatic heterocycles. The third kappa shape index (κ3) is 18.3. The molecule has 48 atom stereocenters. The van der Waals surface area contributed by atoms with Gasteiger partial charge in [-0.05, 0) is 274 Å². The van der Waals surface area contributed by atoms with E-state index in [9.17, 15) is 24.0 Å². The number of Topliss-reactive ketones (excluding diaryl/α,β-unsaturated/α-hetero) is 2. The van der Waals surface area contributed by atoms with Crippen molar-refractivity contribution in [1.29, 1.82) is 0 Å². The quantitative estimate of drug-likeness (QED) is 0.0436. The smallest absolute Gasteiger partial charge is 0.187 e. The Kier molecular flexibility index (Phi) is 32.2. The van der Waals surface area contributed by atoms with Gasteiger partial charge in [-0.25, -0.2) is 0 Å².